The van der Waals surface area contributed by atoms with Crippen LogP contribution in [0.2, 0.25) is 0 Å². The van der Waals surface area contributed by atoms with Crippen molar-refractivity contribution in [3.05, 3.63) is 0 Å². The fourth-order valence-electron chi connectivity index (χ4n) is 7.86. The maximum absolute atomic E-state index is 14.3. The fraction of sp³-hybridized carbons (Fsp3) is 0.933. The maximum atomic E-state index is 14.3. The number of rotatable bonds is 9. The molecule has 34 heavy (non-hydrogen) atoms. The average Bonchev–Trinajstić information content (AvgIpc) is 2.87. The number of hydrogen-bond donors (Lipinski definition) is 0. The third-order valence-corrected chi connectivity index (χ3v) is 9.84. The number of esters is 2. The van der Waals surface area contributed by atoms with Gasteiger partial charge < -0.3 is 9.47 Å². The zero-order valence-electron chi connectivity index (χ0n) is 22.9. The Morgan fingerprint density at radius 3 is 1.38 bits per heavy atom. The topological polar surface area (TPSA) is 52.6 Å². The average molecular weight is 477 g/mol. The van der Waals surface area contributed by atoms with Gasteiger partial charge >= 0.3 is 11.9 Å². The summed E-state index contributed by atoms with van der Waals surface area (Å²) in [5.74, 6) is 1.16. The second-order valence-electron chi connectivity index (χ2n) is 12.7. The van der Waals surface area contributed by atoms with Crippen molar-refractivity contribution in [2.45, 2.75) is 142 Å². The lowest BCUT2D eigenvalue weighted by Crippen LogP contribution is -2.57. The van der Waals surface area contributed by atoms with Gasteiger partial charge in [-0.15, -0.1) is 0 Å². The highest BCUT2D eigenvalue weighted by Gasteiger charge is 2.56. The van der Waals surface area contributed by atoms with Gasteiger partial charge in [-0.3, -0.25) is 9.59 Å². The van der Waals surface area contributed by atoms with Crippen LogP contribution in [0.25, 0.3) is 0 Å². The minimum absolute atomic E-state index is 0.0614. The van der Waals surface area contributed by atoms with Gasteiger partial charge in [0.1, 0.15) is 5.60 Å². The highest BCUT2D eigenvalue weighted by molar-refractivity contribution is 5.80. The molecule has 0 aromatic heterocycles. The molecule has 3 aliphatic rings. The molecule has 0 N–H and O–H groups in total. The molecule has 0 amide bonds. The summed E-state index contributed by atoms with van der Waals surface area (Å²) < 4.78 is 12.2. The molecule has 0 aromatic carbocycles. The molecule has 196 valence electrons. The zero-order chi connectivity index (χ0) is 24.8. The summed E-state index contributed by atoms with van der Waals surface area (Å²) in [7, 11) is 1.44. The summed E-state index contributed by atoms with van der Waals surface area (Å²) in [5.41, 5.74) is -1.73. The Morgan fingerprint density at radius 1 is 0.676 bits per heavy atom. The monoisotopic (exact) mass is 476 g/mol. The molecule has 0 heterocycles. The molecular formula is C30H52O4. The van der Waals surface area contributed by atoms with E-state index in [1.54, 1.807) is 0 Å². The molecule has 3 fully saturated rings. The quantitative estimate of drug-likeness (QED) is 0.316. The van der Waals surface area contributed by atoms with Crippen LogP contribution in [0.1, 0.15) is 137 Å². The van der Waals surface area contributed by atoms with E-state index >= 15 is 0 Å². The first kappa shape index (κ1) is 27.5. The number of carbonyl (C=O) groups excluding carboxylic acids is 2. The number of hydrogen-bond acceptors (Lipinski definition) is 4. The molecule has 3 rings (SSSR count). The van der Waals surface area contributed by atoms with Crippen LogP contribution in [-0.4, -0.2) is 24.6 Å². The van der Waals surface area contributed by atoms with E-state index in [2.05, 4.69) is 6.92 Å². The fourth-order valence-corrected chi connectivity index (χ4v) is 7.86. The Labute approximate surface area is 209 Å². The van der Waals surface area contributed by atoms with Crippen LogP contribution in [0, 0.1) is 28.6 Å². The highest BCUT2D eigenvalue weighted by Crippen LogP contribution is 2.54. The first-order valence-electron chi connectivity index (χ1n) is 14.5. The van der Waals surface area contributed by atoms with Crippen molar-refractivity contribution in [1.82, 2.24) is 0 Å². The van der Waals surface area contributed by atoms with Crippen LogP contribution in [-0.2, 0) is 19.1 Å². The van der Waals surface area contributed by atoms with E-state index in [9.17, 15) is 9.59 Å². The summed E-state index contributed by atoms with van der Waals surface area (Å²) >= 11 is 0. The maximum Gasteiger partial charge on any atom is 0.312 e. The van der Waals surface area contributed by atoms with Gasteiger partial charge in [-0.1, -0.05) is 64.7 Å². The molecule has 0 saturated heterocycles. The lowest BCUT2D eigenvalue weighted by atomic mass is 9.58. The molecule has 3 aliphatic carbocycles. The Kier molecular flexibility index (Phi) is 9.54. The summed E-state index contributed by atoms with van der Waals surface area (Å²) in [5, 5.41) is 0. The van der Waals surface area contributed by atoms with Gasteiger partial charge in [-0.2, -0.15) is 0 Å². The van der Waals surface area contributed by atoms with E-state index in [1.807, 2.05) is 20.8 Å². The largest absolute Gasteiger partial charge is 0.469 e. The van der Waals surface area contributed by atoms with Crippen LogP contribution in [0.3, 0.4) is 0 Å². The van der Waals surface area contributed by atoms with E-state index < -0.39 is 10.8 Å². The highest BCUT2D eigenvalue weighted by atomic mass is 16.6. The smallest absolute Gasteiger partial charge is 0.312 e. The van der Waals surface area contributed by atoms with E-state index in [1.165, 1.54) is 103 Å². The first-order chi connectivity index (χ1) is 16.2. The molecule has 0 aliphatic heterocycles. The van der Waals surface area contributed by atoms with Gasteiger partial charge in [0.05, 0.1) is 17.9 Å². The van der Waals surface area contributed by atoms with Crippen molar-refractivity contribution in [2.75, 3.05) is 7.11 Å². The van der Waals surface area contributed by atoms with Crippen molar-refractivity contribution in [2.24, 2.45) is 28.6 Å². The molecule has 0 bridgehead atoms. The lowest BCUT2D eigenvalue weighted by molar-refractivity contribution is -0.210. The number of methoxy groups -OCH3 is 1. The third kappa shape index (κ3) is 5.84. The van der Waals surface area contributed by atoms with Crippen LogP contribution in [0.5, 0.6) is 0 Å². The van der Waals surface area contributed by atoms with Gasteiger partial charge in [0.25, 0.3) is 0 Å². The van der Waals surface area contributed by atoms with Gasteiger partial charge in [-0.05, 0) is 89.9 Å². The van der Waals surface area contributed by atoms with Crippen molar-refractivity contribution in [3.63, 3.8) is 0 Å². The van der Waals surface area contributed by atoms with Crippen molar-refractivity contribution in [1.29, 1.82) is 0 Å². The summed E-state index contributed by atoms with van der Waals surface area (Å²) in [6, 6.07) is 0. The van der Waals surface area contributed by atoms with Crippen LogP contribution in [0.4, 0.5) is 0 Å². The molecule has 1 unspecified atom stereocenters. The molecule has 4 heteroatoms. The summed E-state index contributed by atoms with van der Waals surface area (Å²) in [4.78, 5) is 26.8. The normalized spacial score (nSPS) is 23.8. The second kappa shape index (κ2) is 11.8. The summed E-state index contributed by atoms with van der Waals surface area (Å²) in [6.07, 6.45) is 19.9. The molecular weight excluding hydrogens is 424 g/mol. The van der Waals surface area contributed by atoms with E-state index in [-0.39, 0.29) is 17.5 Å². The van der Waals surface area contributed by atoms with Crippen LogP contribution < -0.4 is 0 Å². The second-order valence-corrected chi connectivity index (χ2v) is 12.7. The standard InChI is InChI=1S/C30H52O4/c1-6-29(4,22-28(2,3)26(31)33-5)27(32)34-30(23-16-10-7-11-17-23,24-18-12-8-13-19-24)25-20-14-9-15-21-25/h23-25H,6-22H2,1-5H3. The minimum atomic E-state index is -0.721. The third-order valence-electron chi connectivity index (χ3n) is 9.84. The molecule has 0 radical (unpaired) electrons. The Balaban J connectivity index is 1.98. The van der Waals surface area contributed by atoms with Crippen molar-refractivity contribution in [3.8, 4) is 0 Å². The molecule has 0 aromatic rings. The van der Waals surface area contributed by atoms with Gasteiger partial charge in [0.15, 0.2) is 0 Å². The van der Waals surface area contributed by atoms with E-state index in [4.69, 9.17) is 9.47 Å². The van der Waals surface area contributed by atoms with E-state index in [0.717, 1.165) is 0 Å². The molecule has 0 spiro atoms. The predicted octanol–water partition coefficient (Wildman–Crippen LogP) is 8.01. The molecule has 1 atom stereocenters. The molecule has 4 nitrogen and oxygen atoms in total. The lowest BCUT2D eigenvalue weighted by Gasteiger charge is -2.54. The zero-order valence-corrected chi connectivity index (χ0v) is 22.9. The Morgan fingerprint density at radius 2 is 1.06 bits per heavy atom. The van der Waals surface area contributed by atoms with E-state index in [0.29, 0.717) is 30.6 Å². The summed E-state index contributed by atoms with van der Waals surface area (Å²) in [6.45, 7) is 7.89. The SMILES string of the molecule is CCC(C)(CC(C)(C)C(=O)OC)C(=O)OC(C1CCCCC1)(C1CCCCC1)C1CCCCC1. The van der Waals surface area contributed by atoms with Gasteiger partial charge in [-0.25, -0.2) is 0 Å². The molecule has 3 saturated carbocycles. The van der Waals surface area contributed by atoms with Crippen LogP contribution in [0.15, 0.2) is 0 Å². The Hall–Kier alpha value is -1.06. The Bertz CT molecular complexity index is 620. The van der Waals surface area contributed by atoms with Gasteiger partial charge in [0, 0.05) is 0 Å². The number of carbonyl (C=O) groups is 2. The van der Waals surface area contributed by atoms with Crippen LogP contribution >= 0.6 is 0 Å². The number of ether oxygens (including phenoxy) is 2. The van der Waals surface area contributed by atoms with Gasteiger partial charge in [0.2, 0.25) is 0 Å². The van der Waals surface area contributed by atoms with Crippen molar-refractivity contribution < 1.29 is 19.1 Å². The minimum Gasteiger partial charge on any atom is -0.469 e. The first-order valence-corrected chi connectivity index (χ1v) is 14.5. The predicted molar refractivity (Wildman–Crippen MR) is 137 cm³/mol. The van der Waals surface area contributed by atoms with Crippen molar-refractivity contribution >= 4 is 11.9 Å².